The molecule has 2 aromatic rings. The smallest absolute Gasteiger partial charge is 0.254 e. The lowest BCUT2D eigenvalue weighted by atomic mass is 9.86. The number of likely N-dealkylation sites (N-methyl/N-ethyl adjacent to an activating group) is 1. The molecule has 4 N–H and O–H groups in total. The predicted octanol–water partition coefficient (Wildman–Crippen LogP) is 0.396. The van der Waals surface area contributed by atoms with Gasteiger partial charge in [-0.05, 0) is 25.1 Å². The second-order valence-electron chi connectivity index (χ2n) is 9.43. The quantitative estimate of drug-likeness (QED) is 0.329. The van der Waals surface area contributed by atoms with Crippen molar-refractivity contribution in [1.29, 1.82) is 0 Å². The Morgan fingerprint density at radius 1 is 0.917 bits per heavy atom. The molecule has 198 valence electrons. The molecular formula is C27H38N2O7. The number of aliphatic hydroxyl groups is 4. The zero-order valence-corrected chi connectivity index (χ0v) is 20.9. The molecule has 36 heavy (non-hydrogen) atoms. The highest BCUT2D eigenvalue weighted by Gasteiger charge is 2.49. The van der Waals surface area contributed by atoms with Gasteiger partial charge in [-0.1, -0.05) is 60.7 Å². The minimum atomic E-state index is -2.25. The number of rotatable bonds is 12. The third kappa shape index (κ3) is 7.33. The van der Waals surface area contributed by atoms with E-state index >= 15 is 0 Å². The summed E-state index contributed by atoms with van der Waals surface area (Å²) in [4.78, 5) is 17.1. The summed E-state index contributed by atoms with van der Waals surface area (Å²) in [6.45, 7) is 3.21. The first-order valence-corrected chi connectivity index (χ1v) is 12.2. The van der Waals surface area contributed by atoms with Gasteiger partial charge in [-0.2, -0.15) is 0 Å². The van der Waals surface area contributed by atoms with E-state index < -0.39 is 42.5 Å². The van der Waals surface area contributed by atoms with Crippen molar-refractivity contribution in [3.63, 3.8) is 0 Å². The number of hydrogen-bond donors (Lipinski definition) is 4. The summed E-state index contributed by atoms with van der Waals surface area (Å²) >= 11 is 0. The van der Waals surface area contributed by atoms with Crippen molar-refractivity contribution in [2.45, 2.75) is 50.2 Å². The van der Waals surface area contributed by atoms with Gasteiger partial charge in [-0.3, -0.25) is 4.79 Å². The van der Waals surface area contributed by atoms with Crippen LogP contribution < -0.4 is 0 Å². The van der Waals surface area contributed by atoms with Crippen LogP contribution in [0, 0.1) is 0 Å². The third-order valence-corrected chi connectivity index (χ3v) is 6.64. The molecule has 9 nitrogen and oxygen atoms in total. The number of amides is 1. The molecule has 9 heteroatoms. The van der Waals surface area contributed by atoms with Crippen LogP contribution in [0.25, 0.3) is 0 Å². The van der Waals surface area contributed by atoms with Crippen LogP contribution in [-0.4, -0.2) is 106 Å². The SMILES string of the molecule is C[C@@H](O)C(O)(COCc1ccccc1)[C@@H](O)[C@H](O)[C@@H](OCc1ccccc1)C(=O)N1CCN(C)CC1. The van der Waals surface area contributed by atoms with E-state index in [0.29, 0.717) is 26.2 Å². The van der Waals surface area contributed by atoms with Gasteiger partial charge in [-0.25, -0.2) is 0 Å². The van der Waals surface area contributed by atoms with Gasteiger partial charge in [-0.15, -0.1) is 0 Å². The minimum Gasteiger partial charge on any atom is -0.390 e. The highest BCUT2D eigenvalue weighted by atomic mass is 16.5. The fourth-order valence-corrected chi connectivity index (χ4v) is 4.10. The summed E-state index contributed by atoms with van der Waals surface area (Å²) in [5.41, 5.74) is -0.618. The Balaban J connectivity index is 1.75. The number of hydrogen-bond acceptors (Lipinski definition) is 8. The normalized spacial score (nSPS) is 19.8. The van der Waals surface area contributed by atoms with Gasteiger partial charge in [0.25, 0.3) is 5.91 Å². The van der Waals surface area contributed by atoms with Gasteiger partial charge in [0.05, 0.1) is 25.9 Å². The first-order chi connectivity index (χ1) is 17.2. The van der Waals surface area contributed by atoms with Crippen LogP contribution in [0.15, 0.2) is 60.7 Å². The number of aliphatic hydroxyl groups excluding tert-OH is 3. The van der Waals surface area contributed by atoms with Gasteiger partial charge in [0.15, 0.2) is 6.10 Å². The fraction of sp³-hybridized carbons (Fsp3) is 0.519. The van der Waals surface area contributed by atoms with E-state index in [-0.39, 0.29) is 13.2 Å². The van der Waals surface area contributed by atoms with Gasteiger partial charge in [0.2, 0.25) is 0 Å². The maximum absolute atomic E-state index is 13.4. The molecule has 3 rings (SSSR count). The first kappa shape index (κ1) is 28.2. The molecule has 0 saturated carbocycles. The van der Waals surface area contributed by atoms with E-state index in [0.717, 1.165) is 11.1 Å². The molecule has 0 aliphatic carbocycles. The summed E-state index contributed by atoms with van der Waals surface area (Å²) in [7, 11) is 1.96. The largest absolute Gasteiger partial charge is 0.390 e. The van der Waals surface area contributed by atoms with Crippen LogP contribution in [-0.2, 0) is 27.5 Å². The molecule has 2 aromatic carbocycles. The van der Waals surface area contributed by atoms with Crippen LogP contribution >= 0.6 is 0 Å². The Labute approximate surface area is 212 Å². The van der Waals surface area contributed by atoms with Crippen molar-refractivity contribution in [1.82, 2.24) is 9.80 Å². The Morgan fingerprint density at radius 3 is 1.97 bits per heavy atom. The van der Waals surface area contributed by atoms with Crippen molar-refractivity contribution in [3.8, 4) is 0 Å². The highest BCUT2D eigenvalue weighted by Crippen LogP contribution is 2.24. The monoisotopic (exact) mass is 502 g/mol. The van der Waals surface area contributed by atoms with Crippen LogP contribution in [0.2, 0.25) is 0 Å². The Kier molecular flexibility index (Phi) is 10.4. The average molecular weight is 503 g/mol. The number of carbonyl (C=O) groups excluding carboxylic acids is 1. The number of carbonyl (C=O) groups is 1. The summed E-state index contributed by atoms with van der Waals surface area (Å²) in [5, 5.41) is 43.8. The standard InChI is InChI=1S/C27H38N2O7/c1-20(30)27(34,19-35-17-21-9-5-3-6-10-21)25(32)23(31)24(36-18-22-11-7-4-8-12-22)26(33)29-15-13-28(2)14-16-29/h3-12,20,23-25,30-32,34H,13-19H2,1-2H3/t20-,23-,24-,25+,27?/m1/s1. The summed E-state index contributed by atoms with van der Waals surface area (Å²) < 4.78 is 11.4. The number of ether oxygens (including phenoxy) is 2. The molecule has 5 atom stereocenters. The van der Waals surface area contributed by atoms with E-state index in [1.807, 2.05) is 67.7 Å². The van der Waals surface area contributed by atoms with Gasteiger partial charge in [0.1, 0.15) is 17.8 Å². The fourth-order valence-electron chi connectivity index (χ4n) is 4.10. The van der Waals surface area contributed by atoms with Gasteiger partial charge < -0.3 is 39.7 Å². The molecule has 0 radical (unpaired) electrons. The maximum atomic E-state index is 13.4. The lowest BCUT2D eigenvalue weighted by molar-refractivity contribution is -0.219. The molecule has 0 bridgehead atoms. The van der Waals surface area contributed by atoms with E-state index in [2.05, 4.69) is 4.90 Å². The lowest BCUT2D eigenvalue weighted by Crippen LogP contribution is -2.63. The lowest BCUT2D eigenvalue weighted by Gasteiger charge is -2.41. The molecule has 0 spiro atoms. The minimum absolute atomic E-state index is 0.0202. The van der Waals surface area contributed by atoms with Crippen LogP contribution in [0.5, 0.6) is 0 Å². The second kappa shape index (κ2) is 13.3. The molecule has 1 unspecified atom stereocenters. The van der Waals surface area contributed by atoms with Gasteiger partial charge >= 0.3 is 0 Å². The third-order valence-electron chi connectivity index (χ3n) is 6.64. The van der Waals surface area contributed by atoms with E-state index in [9.17, 15) is 25.2 Å². The van der Waals surface area contributed by atoms with E-state index in [1.165, 1.54) is 6.92 Å². The number of benzene rings is 2. The Hall–Kier alpha value is -2.37. The highest BCUT2D eigenvalue weighted by molar-refractivity contribution is 5.82. The summed E-state index contributed by atoms with van der Waals surface area (Å²) in [6.07, 6.45) is -6.67. The van der Waals surface area contributed by atoms with Crippen molar-refractivity contribution >= 4 is 5.91 Å². The molecule has 1 saturated heterocycles. The molecular weight excluding hydrogens is 464 g/mol. The van der Waals surface area contributed by atoms with Crippen molar-refractivity contribution in [3.05, 3.63) is 71.8 Å². The maximum Gasteiger partial charge on any atom is 0.254 e. The zero-order valence-electron chi connectivity index (χ0n) is 20.9. The topological polar surface area (TPSA) is 123 Å². The van der Waals surface area contributed by atoms with E-state index in [4.69, 9.17) is 9.47 Å². The van der Waals surface area contributed by atoms with Crippen LogP contribution in [0.4, 0.5) is 0 Å². The molecule has 1 aliphatic heterocycles. The number of nitrogens with zero attached hydrogens (tertiary/aromatic N) is 2. The first-order valence-electron chi connectivity index (χ1n) is 12.2. The van der Waals surface area contributed by atoms with E-state index in [1.54, 1.807) is 4.90 Å². The molecule has 0 aromatic heterocycles. The van der Waals surface area contributed by atoms with Crippen LogP contribution in [0.1, 0.15) is 18.1 Å². The van der Waals surface area contributed by atoms with Crippen LogP contribution in [0.3, 0.4) is 0 Å². The second-order valence-corrected chi connectivity index (χ2v) is 9.43. The van der Waals surface area contributed by atoms with Crippen molar-refractivity contribution < 1.29 is 34.7 Å². The molecule has 1 aliphatic rings. The van der Waals surface area contributed by atoms with Crippen molar-refractivity contribution in [2.24, 2.45) is 0 Å². The Bertz CT molecular complexity index is 922. The summed E-state index contributed by atoms with van der Waals surface area (Å²) in [5.74, 6) is -0.483. The predicted molar refractivity (Wildman–Crippen MR) is 134 cm³/mol. The molecule has 1 heterocycles. The molecule has 1 amide bonds. The summed E-state index contributed by atoms with van der Waals surface area (Å²) in [6, 6.07) is 18.4. The van der Waals surface area contributed by atoms with Gasteiger partial charge in [0, 0.05) is 26.2 Å². The average Bonchev–Trinajstić information content (AvgIpc) is 2.89. The Morgan fingerprint density at radius 2 is 1.44 bits per heavy atom. The number of piperazine rings is 1. The zero-order chi connectivity index (χ0) is 26.1. The van der Waals surface area contributed by atoms with Crippen molar-refractivity contribution in [2.75, 3.05) is 39.8 Å². The molecule has 1 fully saturated rings.